The lowest BCUT2D eigenvalue weighted by Gasteiger charge is -2.07. The van der Waals surface area contributed by atoms with Crippen LogP contribution in [0.2, 0.25) is 0 Å². The summed E-state index contributed by atoms with van der Waals surface area (Å²) in [6, 6.07) is 16.8. The lowest BCUT2D eigenvalue weighted by Crippen LogP contribution is -2.03. The van der Waals surface area contributed by atoms with Crippen LogP contribution >= 0.6 is 11.3 Å². The third kappa shape index (κ3) is 4.91. The van der Waals surface area contributed by atoms with E-state index in [9.17, 15) is 18.0 Å². The Balaban J connectivity index is 1.53. The molecule has 8 heteroatoms. The number of fused-ring (bicyclic) bond motifs is 1. The minimum Gasteiger partial charge on any atom is -0.488 e. The number of alkyl halides is 3. The van der Waals surface area contributed by atoms with Gasteiger partial charge in [-0.25, -0.2) is 0 Å². The van der Waals surface area contributed by atoms with Crippen LogP contribution in [0.15, 0.2) is 65.1 Å². The summed E-state index contributed by atoms with van der Waals surface area (Å²) in [6.45, 7) is -0.00416. The molecule has 0 aliphatic heterocycles. The van der Waals surface area contributed by atoms with Gasteiger partial charge in [0, 0.05) is 22.2 Å². The number of carbonyl (C=O) groups is 1. The molecule has 0 spiro atoms. The van der Waals surface area contributed by atoms with E-state index in [1.54, 1.807) is 54.6 Å². The minimum atomic E-state index is -4.45. The van der Waals surface area contributed by atoms with Gasteiger partial charge in [-0.15, -0.1) is 11.3 Å². The van der Waals surface area contributed by atoms with E-state index in [1.807, 2.05) is 0 Å². The van der Waals surface area contributed by atoms with Crippen molar-refractivity contribution in [3.8, 4) is 16.9 Å². The second kappa shape index (κ2) is 8.47. The number of carboxylic acids is 1. The van der Waals surface area contributed by atoms with Gasteiger partial charge in [0.2, 0.25) is 0 Å². The Morgan fingerprint density at radius 3 is 2.55 bits per heavy atom. The molecule has 0 bridgehead atoms. The van der Waals surface area contributed by atoms with E-state index in [0.717, 1.165) is 5.39 Å². The molecule has 0 saturated carbocycles. The maximum absolute atomic E-state index is 13.5. The molecule has 4 rings (SSSR count). The van der Waals surface area contributed by atoms with Gasteiger partial charge in [0.1, 0.15) is 28.6 Å². The normalized spacial score (nSPS) is 11.7. The lowest BCUT2D eigenvalue weighted by molar-refractivity contribution is -0.137. The average molecular weight is 446 g/mol. The van der Waals surface area contributed by atoms with Crippen molar-refractivity contribution >= 4 is 28.3 Å². The lowest BCUT2D eigenvalue weighted by atomic mass is 10.1. The van der Waals surface area contributed by atoms with Gasteiger partial charge >= 0.3 is 12.1 Å². The van der Waals surface area contributed by atoms with Crippen LogP contribution in [0.3, 0.4) is 0 Å². The number of aryl methyl sites for hydroxylation is 1. The number of thiophene rings is 1. The van der Waals surface area contributed by atoms with E-state index >= 15 is 0 Å². The Labute approximate surface area is 179 Å². The number of aliphatic carboxylic acids is 1. The molecular formula is C23H17F3O4S. The molecule has 4 nitrogen and oxygen atoms in total. The third-order valence-electron chi connectivity index (χ3n) is 4.63. The van der Waals surface area contributed by atoms with Crippen molar-refractivity contribution in [3.05, 3.63) is 76.2 Å². The number of hydrogen-bond donors (Lipinski definition) is 1. The van der Waals surface area contributed by atoms with Gasteiger partial charge in [-0.1, -0.05) is 30.3 Å². The van der Waals surface area contributed by atoms with Crippen molar-refractivity contribution in [2.75, 3.05) is 0 Å². The quantitative estimate of drug-likeness (QED) is 0.340. The topological polar surface area (TPSA) is 59.7 Å². The van der Waals surface area contributed by atoms with E-state index in [0.29, 0.717) is 38.9 Å². The van der Waals surface area contributed by atoms with Gasteiger partial charge in [-0.3, -0.25) is 4.79 Å². The Hall–Kier alpha value is -3.26. The standard InChI is InChI=1S/C23H17F3O4S/c24-23(25,26)22-19(14-4-2-1-3-5-14)12-18(31-22)13-29-16-6-8-20-15(10-16)11-17(30-20)7-9-21(27)28/h1-6,8,10-12H,7,9,13H2,(H,27,28). The summed E-state index contributed by atoms with van der Waals surface area (Å²) in [5.74, 6) is 0.130. The number of carboxylic acid groups (broad SMARTS) is 1. The van der Waals surface area contributed by atoms with E-state index in [-0.39, 0.29) is 25.0 Å². The highest BCUT2D eigenvalue weighted by atomic mass is 32.1. The van der Waals surface area contributed by atoms with E-state index in [4.69, 9.17) is 14.3 Å². The molecule has 0 saturated heterocycles. The Morgan fingerprint density at radius 1 is 1.06 bits per heavy atom. The number of benzene rings is 2. The molecule has 0 aliphatic carbocycles. The molecule has 0 atom stereocenters. The molecule has 2 aromatic carbocycles. The van der Waals surface area contributed by atoms with Crippen LogP contribution in [0.1, 0.15) is 21.9 Å². The first-order valence-electron chi connectivity index (χ1n) is 9.42. The SMILES string of the molecule is O=C(O)CCc1cc2cc(OCc3cc(-c4ccccc4)c(C(F)(F)F)s3)ccc2o1. The first kappa shape index (κ1) is 21.0. The van der Waals surface area contributed by atoms with Crippen LogP contribution in [0, 0.1) is 0 Å². The highest BCUT2D eigenvalue weighted by Crippen LogP contribution is 2.43. The highest BCUT2D eigenvalue weighted by Gasteiger charge is 2.36. The summed E-state index contributed by atoms with van der Waals surface area (Å²) in [5.41, 5.74) is 1.24. The molecular weight excluding hydrogens is 429 g/mol. The van der Waals surface area contributed by atoms with Crippen molar-refractivity contribution in [2.24, 2.45) is 0 Å². The number of rotatable bonds is 7. The molecule has 2 aromatic heterocycles. The Morgan fingerprint density at radius 2 is 1.84 bits per heavy atom. The largest absolute Gasteiger partial charge is 0.488 e. The molecule has 0 unspecified atom stereocenters. The van der Waals surface area contributed by atoms with E-state index in [2.05, 4.69) is 0 Å². The van der Waals surface area contributed by atoms with Gasteiger partial charge in [0.05, 0.1) is 6.42 Å². The van der Waals surface area contributed by atoms with Crippen LogP contribution in [0.25, 0.3) is 22.1 Å². The number of ether oxygens (including phenoxy) is 1. The monoisotopic (exact) mass is 446 g/mol. The van der Waals surface area contributed by atoms with E-state index < -0.39 is 17.0 Å². The second-order valence-corrected chi connectivity index (χ2v) is 8.05. The predicted molar refractivity (Wildman–Crippen MR) is 111 cm³/mol. The second-order valence-electron chi connectivity index (χ2n) is 6.91. The van der Waals surface area contributed by atoms with Crippen LogP contribution in [0.5, 0.6) is 5.75 Å². The number of hydrogen-bond acceptors (Lipinski definition) is 4. The van der Waals surface area contributed by atoms with Gasteiger partial charge in [-0.2, -0.15) is 13.2 Å². The molecule has 31 heavy (non-hydrogen) atoms. The number of halogens is 3. The highest BCUT2D eigenvalue weighted by molar-refractivity contribution is 7.12. The van der Waals surface area contributed by atoms with Gasteiger partial charge in [0.15, 0.2) is 0 Å². The van der Waals surface area contributed by atoms with Crippen molar-refractivity contribution in [2.45, 2.75) is 25.6 Å². The van der Waals surface area contributed by atoms with Crippen molar-refractivity contribution < 1.29 is 32.2 Å². The van der Waals surface area contributed by atoms with Crippen LogP contribution < -0.4 is 4.74 Å². The molecule has 0 fully saturated rings. The van der Waals surface area contributed by atoms with Crippen molar-refractivity contribution in [1.82, 2.24) is 0 Å². The van der Waals surface area contributed by atoms with Crippen molar-refractivity contribution in [3.63, 3.8) is 0 Å². The fraction of sp³-hybridized carbons (Fsp3) is 0.174. The zero-order valence-electron chi connectivity index (χ0n) is 16.1. The minimum absolute atomic E-state index is 0.00416. The molecule has 2 heterocycles. The molecule has 4 aromatic rings. The Bertz CT molecular complexity index is 1210. The van der Waals surface area contributed by atoms with Crippen LogP contribution in [-0.4, -0.2) is 11.1 Å². The smallest absolute Gasteiger partial charge is 0.426 e. The zero-order chi connectivity index (χ0) is 22.0. The molecule has 1 N–H and O–H groups in total. The fourth-order valence-electron chi connectivity index (χ4n) is 3.23. The van der Waals surface area contributed by atoms with Gasteiger partial charge in [-0.05, 0) is 35.9 Å². The maximum Gasteiger partial charge on any atom is 0.426 e. The molecule has 160 valence electrons. The summed E-state index contributed by atoms with van der Waals surface area (Å²) in [5, 5.41) is 9.53. The summed E-state index contributed by atoms with van der Waals surface area (Å²) in [7, 11) is 0. The van der Waals surface area contributed by atoms with Crippen LogP contribution in [0.4, 0.5) is 13.2 Å². The molecule has 0 amide bonds. The summed E-state index contributed by atoms with van der Waals surface area (Å²) < 4.78 is 51.9. The maximum atomic E-state index is 13.5. The summed E-state index contributed by atoms with van der Waals surface area (Å²) >= 11 is 0.673. The van der Waals surface area contributed by atoms with Gasteiger partial charge in [0.25, 0.3) is 0 Å². The fourth-order valence-corrected chi connectivity index (χ4v) is 4.19. The third-order valence-corrected chi connectivity index (χ3v) is 5.78. The average Bonchev–Trinajstić information content (AvgIpc) is 3.35. The zero-order valence-corrected chi connectivity index (χ0v) is 16.9. The summed E-state index contributed by atoms with van der Waals surface area (Å²) in [4.78, 5) is 10.5. The predicted octanol–water partition coefficient (Wildman–Crippen LogP) is 6.78. The Kier molecular flexibility index (Phi) is 5.73. The van der Waals surface area contributed by atoms with Crippen molar-refractivity contribution in [1.29, 1.82) is 0 Å². The number of furan rings is 1. The summed E-state index contributed by atoms with van der Waals surface area (Å²) in [6.07, 6.45) is -4.21. The molecule has 0 aliphatic rings. The molecule has 0 radical (unpaired) electrons. The van der Waals surface area contributed by atoms with E-state index in [1.165, 1.54) is 6.07 Å². The first-order chi connectivity index (χ1) is 14.8. The van der Waals surface area contributed by atoms with Gasteiger partial charge < -0.3 is 14.3 Å². The van der Waals surface area contributed by atoms with Crippen LogP contribution in [-0.2, 0) is 24.0 Å². The first-order valence-corrected chi connectivity index (χ1v) is 10.2.